The topological polar surface area (TPSA) is 28.7 Å². The Labute approximate surface area is 164 Å². The fourth-order valence-electron chi connectivity index (χ4n) is 4.10. The zero-order chi connectivity index (χ0) is 20.0. The normalized spacial score (nSPS) is 13.4. The first kappa shape index (κ1) is 23.2. The van der Waals surface area contributed by atoms with Crippen LogP contribution in [-0.2, 0) is 16.2 Å². The van der Waals surface area contributed by atoms with Crippen LogP contribution in [0, 0.1) is 0 Å². The SMILES string of the molecule is CCCCCC(C)(C)c1nc(C(C)(C)CCC)c(C(C)(C)CCCC)[nH]1. The fourth-order valence-corrected chi connectivity index (χ4v) is 4.10. The summed E-state index contributed by atoms with van der Waals surface area (Å²) in [7, 11) is 0. The van der Waals surface area contributed by atoms with Gasteiger partial charge in [-0.25, -0.2) is 4.98 Å². The van der Waals surface area contributed by atoms with Crippen molar-refractivity contribution < 1.29 is 0 Å². The highest BCUT2D eigenvalue weighted by molar-refractivity contribution is 5.31. The maximum absolute atomic E-state index is 5.27. The summed E-state index contributed by atoms with van der Waals surface area (Å²) in [5.74, 6) is 1.20. The van der Waals surface area contributed by atoms with Gasteiger partial charge in [-0.3, -0.25) is 0 Å². The molecule has 1 rings (SSSR count). The molecule has 152 valence electrons. The number of nitrogens with one attached hydrogen (secondary N) is 1. The average molecular weight is 363 g/mol. The lowest BCUT2D eigenvalue weighted by atomic mass is 9.76. The fraction of sp³-hybridized carbons (Fsp3) is 0.875. The predicted molar refractivity (Wildman–Crippen MR) is 116 cm³/mol. The molecule has 1 heterocycles. The first-order valence-corrected chi connectivity index (χ1v) is 11.1. The molecule has 0 aliphatic carbocycles. The minimum atomic E-state index is 0.116. The van der Waals surface area contributed by atoms with E-state index in [1.807, 2.05) is 0 Å². The van der Waals surface area contributed by atoms with Gasteiger partial charge in [0.1, 0.15) is 5.82 Å². The van der Waals surface area contributed by atoms with E-state index in [9.17, 15) is 0 Å². The second kappa shape index (κ2) is 9.42. The molecule has 1 N–H and O–H groups in total. The van der Waals surface area contributed by atoms with Crippen molar-refractivity contribution in [1.29, 1.82) is 0 Å². The van der Waals surface area contributed by atoms with Crippen LogP contribution in [0.3, 0.4) is 0 Å². The van der Waals surface area contributed by atoms with Gasteiger partial charge in [-0.2, -0.15) is 0 Å². The van der Waals surface area contributed by atoms with E-state index < -0.39 is 0 Å². The molecule has 0 unspecified atom stereocenters. The highest BCUT2D eigenvalue weighted by Crippen LogP contribution is 2.40. The van der Waals surface area contributed by atoms with Crippen molar-refractivity contribution in [3.8, 4) is 0 Å². The maximum Gasteiger partial charge on any atom is 0.112 e. The molecule has 2 nitrogen and oxygen atoms in total. The van der Waals surface area contributed by atoms with Gasteiger partial charge in [0.2, 0.25) is 0 Å². The summed E-state index contributed by atoms with van der Waals surface area (Å²) in [6.07, 6.45) is 11.2. The van der Waals surface area contributed by atoms with Gasteiger partial charge in [0, 0.05) is 21.9 Å². The molecule has 0 saturated carbocycles. The molecule has 0 fully saturated rings. The van der Waals surface area contributed by atoms with Gasteiger partial charge < -0.3 is 4.98 Å². The largest absolute Gasteiger partial charge is 0.345 e. The van der Waals surface area contributed by atoms with E-state index >= 15 is 0 Å². The van der Waals surface area contributed by atoms with E-state index in [-0.39, 0.29) is 16.2 Å². The molecule has 0 amide bonds. The van der Waals surface area contributed by atoms with Crippen LogP contribution in [0.1, 0.15) is 137 Å². The summed E-state index contributed by atoms with van der Waals surface area (Å²) in [4.78, 5) is 9.12. The van der Waals surface area contributed by atoms with Crippen LogP contribution in [-0.4, -0.2) is 9.97 Å². The molecule has 0 bridgehead atoms. The summed E-state index contributed by atoms with van der Waals surface area (Å²) >= 11 is 0. The second-order valence-electron chi connectivity index (χ2n) is 10.3. The van der Waals surface area contributed by atoms with Gasteiger partial charge >= 0.3 is 0 Å². The second-order valence-corrected chi connectivity index (χ2v) is 10.3. The molecular weight excluding hydrogens is 316 g/mol. The third-order valence-corrected chi connectivity index (χ3v) is 6.10. The Morgan fingerprint density at radius 2 is 1.23 bits per heavy atom. The number of hydrogen-bond acceptors (Lipinski definition) is 1. The number of hydrogen-bond donors (Lipinski definition) is 1. The Bertz CT molecular complexity index is 534. The van der Waals surface area contributed by atoms with E-state index in [0.717, 1.165) is 0 Å². The van der Waals surface area contributed by atoms with Crippen molar-refractivity contribution in [1.82, 2.24) is 9.97 Å². The number of imidazole rings is 1. The predicted octanol–water partition coefficient (Wildman–Crippen LogP) is 7.81. The zero-order valence-electron chi connectivity index (χ0n) is 19.3. The lowest BCUT2D eigenvalue weighted by Crippen LogP contribution is -2.26. The molecule has 1 aromatic heterocycles. The number of H-pyrrole nitrogens is 1. The van der Waals surface area contributed by atoms with Crippen LogP contribution < -0.4 is 0 Å². The zero-order valence-corrected chi connectivity index (χ0v) is 19.3. The summed E-state index contributed by atoms with van der Waals surface area (Å²) in [6, 6.07) is 0. The number of unbranched alkanes of at least 4 members (excludes halogenated alkanes) is 3. The maximum atomic E-state index is 5.27. The summed E-state index contributed by atoms with van der Waals surface area (Å²) in [6.45, 7) is 21.1. The molecule has 26 heavy (non-hydrogen) atoms. The highest BCUT2D eigenvalue weighted by atomic mass is 15.0. The van der Waals surface area contributed by atoms with Gasteiger partial charge in [0.15, 0.2) is 0 Å². The van der Waals surface area contributed by atoms with Crippen molar-refractivity contribution in [3.05, 3.63) is 17.2 Å². The minimum absolute atomic E-state index is 0.116. The summed E-state index contributed by atoms with van der Waals surface area (Å²) < 4.78 is 0. The standard InChI is InChI=1S/C24H46N2/c1-10-13-15-18-24(8,9)21-25-19(22(4,5)16-12-3)20(26-21)23(6,7)17-14-11-2/h10-18H2,1-9H3,(H,25,26). The van der Waals surface area contributed by atoms with Crippen LogP contribution >= 0.6 is 0 Å². The molecule has 0 radical (unpaired) electrons. The van der Waals surface area contributed by atoms with Crippen LogP contribution in [0.4, 0.5) is 0 Å². The van der Waals surface area contributed by atoms with Crippen molar-refractivity contribution in [2.24, 2.45) is 0 Å². The Kier molecular flexibility index (Phi) is 8.42. The average Bonchev–Trinajstić information content (AvgIpc) is 3.01. The smallest absolute Gasteiger partial charge is 0.112 e. The van der Waals surface area contributed by atoms with E-state index in [1.165, 1.54) is 75.0 Å². The van der Waals surface area contributed by atoms with E-state index in [1.54, 1.807) is 0 Å². The van der Waals surface area contributed by atoms with Gasteiger partial charge in [-0.05, 0) is 19.3 Å². The van der Waals surface area contributed by atoms with E-state index in [4.69, 9.17) is 4.98 Å². The third kappa shape index (κ3) is 5.86. The van der Waals surface area contributed by atoms with Crippen LogP contribution in [0.25, 0.3) is 0 Å². The minimum Gasteiger partial charge on any atom is -0.345 e. The first-order chi connectivity index (χ1) is 12.0. The quantitative estimate of drug-likeness (QED) is 0.377. The van der Waals surface area contributed by atoms with Crippen molar-refractivity contribution >= 4 is 0 Å². The number of rotatable bonds is 12. The molecule has 0 atom stereocenters. The highest BCUT2D eigenvalue weighted by Gasteiger charge is 2.36. The summed E-state index contributed by atoms with van der Waals surface area (Å²) in [5, 5.41) is 0. The number of aromatic amines is 1. The van der Waals surface area contributed by atoms with Crippen molar-refractivity contribution in [2.45, 2.75) is 136 Å². The van der Waals surface area contributed by atoms with Crippen LogP contribution in [0.5, 0.6) is 0 Å². The van der Waals surface area contributed by atoms with E-state index in [2.05, 4.69) is 67.3 Å². The van der Waals surface area contributed by atoms with Gasteiger partial charge in [-0.15, -0.1) is 0 Å². The van der Waals surface area contributed by atoms with Gasteiger partial charge in [-0.1, -0.05) is 101 Å². The molecule has 0 saturated heterocycles. The Balaban J connectivity index is 3.31. The molecular formula is C24H46N2. The monoisotopic (exact) mass is 362 g/mol. The van der Waals surface area contributed by atoms with Crippen molar-refractivity contribution in [3.63, 3.8) is 0 Å². The van der Waals surface area contributed by atoms with Crippen molar-refractivity contribution in [2.75, 3.05) is 0 Å². The van der Waals surface area contributed by atoms with Gasteiger partial charge in [0.25, 0.3) is 0 Å². The van der Waals surface area contributed by atoms with Gasteiger partial charge in [0.05, 0.1) is 5.69 Å². The number of nitrogens with zero attached hydrogens (tertiary/aromatic N) is 1. The van der Waals surface area contributed by atoms with Crippen LogP contribution in [0.2, 0.25) is 0 Å². The lowest BCUT2D eigenvalue weighted by Gasteiger charge is -2.30. The Morgan fingerprint density at radius 1 is 0.654 bits per heavy atom. The Morgan fingerprint density at radius 3 is 1.77 bits per heavy atom. The molecule has 0 aliphatic rings. The van der Waals surface area contributed by atoms with Crippen LogP contribution in [0.15, 0.2) is 0 Å². The first-order valence-electron chi connectivity index (χ1n) is 11.1. The molecule has 2 heteroatoms. The summed E-state index contributed by atoms with van der Waals surface area (Å²) in [5.41, 5.74) is 3.11. The third-order valence-electron chi connectivity index (χ3n) is 6.10. The van der Waals surface area contributed by atoms with E-state index in [0.29, 0.717) is 0 Å². The molecule has 0 spiro atoms. The molecule has 1 aromatic rings. The lowest BCUT2D eigenvalue weighted by molar-refractivity contribution is 0.409. The molecule has 0 aromatic carbocycles. The molecule has 0 aliphatic heterocycles. The Hall–Kier alpha value is -0.790. The number of aromatic nitrogens is 2.